The SMILES string of the molecule is O=C(/C=C/c1ccc([N+](=O)[O-])cc1)Oc1ccc(C(=O)OCC2CCCO2)cc1. The monoisotopic (exact) mass is 397 g/mol. The number of nitro groups is 1. The first-order valence-corrected chi connectivity index (χ1v) is 9.04. The van der Waals surface area contributed by atoms with Crippen molar-refractivity contribution in [2.75, 3.05) is 13.2 Å². The lowest BCUT2D eigenvalue weighted by Gasteiger charge is -2.10. The van der Waals surface area contributed by atoms with E-state index < -0.39 is 16.9 Å². The Bertz CT molecular complexity index is 898. The van der Waals surface area contributed by atoms with Gasteiger partial charge in [-0.2, -0.15) is 0 Å². The molecule has 0 aromatic heterocycles. The zero-order valence-electron chi connectivity index (χ0n) is 15.5. The summed E-state index contributed by atoms with van der Waals surface area (Å²) in [5.41, 5.74) is 0.945. The van der Waals surface area contributed by atoms with Gasteiger partial charge in [-0.05, 0) is 60.9 Å². The van der Waals surface area contributed by atoms with Gasteiger partial charge < -0.3 is 14.2 Å². The Kier molecular flexibility index (Phi) is 6.70. The molecule has 8 heteroatoms. The van der Waals surface area contributed by atoms with Crippen molar-refractivity contribution in [1.82, 2.24) is 0 Å². The fraction of sp³-hybridized carbons (Fsp3) is 0.238. The van der Waals surface area contributed by atoms with E-state index in [-0.39, 0.29) is 24.1 Å². The van der Waals surface area contributed by atoms with Crippen molar-refractivity contribution in [3.05, 3.63) is 75.8 Å². The van der Waals surface area contributed by atoms with E-state index >= 15 is 0 Å². The van der Waals surface area contributed by atoms with Gasteiger partial charge in [-0.3, -0.25) is 10.1 Å². The average molecular weight is 397 g/mol. The van der Waals surface area contributed by atoms with Crippen molar-refractivity contribution < 1.29 is 28.7 Å². The van der Waals surface area contributed by atoms with Gasteiger partial charge in [0.05, 0.1) is 16.6 Å². The molecule has 1 heterocycles. The highest BCUT2D eigenvalue weighted by Crippen LogP contribution is 2.16. The third-order valence-corrected chi connectivity index (χ3v) is 4.25. The molecule has 1 atom stereocenters. The van der Waals surface area contributed by atoms with Crippen LogP contribution >= 0.6 is 0 Å². The third-order valence-electron chi connectivity index (χ3n) is 4.25. The number of hydrogen-bond donors (Lipinski definition) is 0. The molecule has 0 amide bonds. The highest BCUT2D eigenvalue weighted by molar-refractivity contribution is 5.90. The van der Waals surface area contributed by atoms with E-state index in [1.54, 1.807) is 0 Å². The van der Waals surface area contributed by atoms with Crippen molar-refractivity contribution in [2.45, 2.75) is 18.9 Å². The number of nitrogens with zero attached hydrogens (tertiary/aromatic N) is 1. The molecule has 3 rings (SSSR count). The lowest BCUT2D eigenvalue weighted by molar-refractivity contribution is -0.384. The maximum Gasteiger partial charge on any atom is 0.338 e. The summed E-state index contributed by atoms with van der Waals surface area (Å²) >= 11 is 0. The molecular formula is C21H19NO7. The molecule has 1 aliphatic rings. The second-order valence-electron chi connectivity index (χ2n) is 6.36. The number of ether oxygens (including phenoxy) is 3. The average Bonchev–Trinajstić information content (AvgIpc) is 3.25. The lowest BCUT2D eigenvalue weighted by Crippen LogP contribution is -2.17. The molecular weight excluding hydrogens is 378 g/mol. The molecule has 0 aliphatic carbocycles. The largest absolute Gasteiger partial charge is 0.459 e. The Hall–Kier alpha value is -3.52. The summed E-state index contributed by atoms with van der Waals surface area (Å²) in [6.07, 6.45) is 4.52. The third kappa shape index (κ3) is 5.98. The number of carbonyl (C=O) groups excluding carboxylic acids is 2. The lowest BCUT2D eigenvalue weighted by atomic mass is 10.2. The Morgan fingerprint density at radius 1 is 1.14 bits per heavy atom. The van der Waals surface area contributed by atoms with Gasteiger partial charge in [0.1, 0.15) is 12.4 Å². The molecule has 2 aromatic carbocycles. The number of carbonyl (C=O) groups is 2. The number of benzene rings is 2. The fourth-order valence-electron chi connectivity index (χ4n) is 2.71. The summed E-state index contributed by atoms with van der Waals surface area (Å²) in [7, 11) is 0. The molecule has 8 nitrogen and oxygen atoms in total. The predicted octanol–water partition coefficient (Wildman–Crippen LogP) is 3.55. The van der Waals surface area contributed by atoms with E-state index in [0.717, 1.165) is 12.8 Å². The summed E-state index contributed by atoms with van der Waals surface area (Å²) in [6.45, 7) is 0.921. The zero-order chi connectivity index (χ0) is 20.6. The molecule has 150 valence electrons. The number of nitro benzene ring substituents is 1. The van der Waals surface area contributed by atoms with Crippen molar-refractivity contribution in [2.24, 2.45) is 0 Å². The van der Waals surface area contributed by atoms with Gasteiger partial charge in [-0.1, -0.05) is 0 Å². The second-order valence-corrected chi connectivity index (χ2v) is 6.36. The first-order chi connectivity index (χ1) is 14.0. The highest BCUT2D eigenvalue weighted by atomic mass is 16.6. The minimum absolute atomic E-state index is 0.0286. The van der Waals surface area contributed by atoms with Crippen LogP contribution in [0.15, 0.2) is 54.6 Å². The van der Waals surface area contributed by atoms with Gasteiger partial charge in [-0.25, -0.2) is 9.59 Å². The van der Waals surface area contributed by atoms with Crippen molar-refractivity contribution in [3.63, 3.8) is 0 Å². The van der Waals surface area contributed by atoms with Crippen LogP contribution in [0.4, 0.5) is 5.69 Å². The number of esters is 2. The summed E-state index contributed by atoms with van der Waals surface area (Å²) in [5.74, 6) is -0.799. The number of non-ortho nitro benzene ring substituents is 1. The molecule has 0 spiro atoms. The molecule has 0 saturated carbocycles. The Morgan fingerprint density at radius 2 is 1.86 bits per heavy atom. The molecule has 0 radical (unpaired) electrons. The van der Waals surface area contributed by atoms with Crippen molar-refractivity contribution in [3.8, 4) is 5.75 Å². The Balaban J connectivity index is 1.49. The quantitative estimate of drug-likeness (QED) is 0.231. The Morgan fingerprint density at radius 3 is 2.48 bits per heavy atom. The van der Waals surface area contributed by atoms with Crippen LogP contribution < -0.4 is 4.74 Å². The van der Waals surface area contributed by atoms with Gasteiger partial charge in [-0.15, -0.1) is 0 Å². The fourth-order valence-corrected chi connectivity index (χ4v) is 2.71. The van der Waals surface area contributed by atoms with E-state index in [2.05, 4.69) is 0 Å². The van der Waals surface area contributed by atoms with Crippen LogP contribution in [0.1, 0.15) is 28.8 Å². The van der Waals surface area contributed by atoms with Crippen LogP contribution in [0.25, 0.3) is 6.08 Å². The molecule has 29 heavy (non-hydrogen) atoms. The maximum absolute atomic E-state index is 12.0. The number of hydrogen-bond acceptors (Lipinski definition) is 7. The van der Waals surface area contributed by atoms with Crippen LogP contribution in [-0.2, 0) is 14.3 Å². The van der Waals surface area contributed by atoms with E-state index in [9.17, 15) is 19.7 Å². The standard InChI is InChI=1S/C21H19NO7/c23-20(12-5-15-3-8-17(9-4-15)22(25)26)29-18-10-6-16(7-11-18)21(24)28-14-19-2-1-13-27-19/h3-12,19H,1-2,13-14H2/b12-5+. The smallest absolute Gasteiger partial charge is 0.338 e. The summed E-state index contributed by atoms with van der Waals surface area (Å²) in [4.78, 5) is 34.1. The van der Waals surface area contributed by atoms with Crippen LogP contribution in [0.2, 0.25) is 0 Å². The summed E-state index contributed by atoms with van der Waals surface area (Å²) in [5, 5.41) is 10.6. The minimum atomic E-state index is -0.614. The first kappa shape index (κ1) is 20.2. The van der Waals surface area contributed by atoms with Crippen molar-refractivity contribution >= 4 is 23.7 Å². The summed E-state index contributed by atoms with van der Waals surface area (Å²) in [6, 6.07) is 11.8. The second kappa shape index (κ2) is 9.61. The van der Waals surface area contributed by atoms with Gasteiger partial charge in [0.15, 0.2) is 0 Å². The normalized spacial score (nSPS) is 15.9. The molecule has 1 unspecified atom stereocenters. The molecule has 1 aliphatic heterocycles. The van der Waals surface area contributed by atoms with Gasteiger partial charge in [0, 0.05) is 24.8 Å². The minimum Gasteiger partial charge on any atom is -0.459 e. The summed E-state index contributed by atoms with van der Waals surface area (Å²) < 4.78 is 15.8. The highest BCUT2D eigenvalue weighted by Gasteiger charge is 2.18. The topological polar surface area (TPSA) is 105 Å². The van der Waals surface area contributed by atoms with Crippen LogP contribution in [0, 0.1) is 10.1 Å². The van der Waals surface area contributed by atoms with Crippen LogP contribution in [0.3, 0.4) is 0 Å². The number of rotatable bonds is 7. The Labute approximate surface area is 166 Å². The zero-order valence-corrected chi connectivity index (χ0v) is 15.5. The molecule has 1 saturated heterocycles. The van der Waals surface area contributed by atoms with Gasteiger partial charge in [0.25, 0.3) is 5.69 Å². The van der Waals surface area contributed by atoms with Crippen LogP contribution in [0.5, 0.6) is 5.75 Å². The van der Waals surface area contributed by atoms with Gasteiger partial charge in [0.2, 0.25) is 0 Å². The first-order valence-electron chi connectivity index (χ1n) is 9.04. The van der Waals surface area contributed by atoms with E-state index in [1.165, 1.54) is 60.7 Å². The predicted molar refractivity (Wildman–Crippen MR) is 103 cm³/mol. The van der Waals surface area contributed by atoms with Crippen LogP contribution in [-0.4, -0.2) is 36.2 Å². The van der Waals surface area contributed by atoms with E-state index in [1.807, 2.05) is 0 Å². The van der Waals surface area contributed by atoms with Crippen molar-refractivity contribution in [1.29, 1.82) is 0 Å². The van der Waals surface area contributed by atoms with E-state index in [0.29, 0.717) is 17.7 Å². The maximum atomic E-state index is 12.0. The molecule has 0 N–H and O–H groups in total. The van der Waals surface area contributed by atoms with Gasteiger partial charge >= 0.3 is 11.9 Å². The molecule has 2 aromatic rings. The van der Waals surface area contributed by atoms with E-state index in [4.69, 9.17) is 14.2 Å². The molecule has 0 bridgehead atoms. The molecule has 1 fully saturated rings.